The van der Waals surface area contributed by atoms with Crippen LogP contribution in [0.3, 0.4) is 0 Å². The molecule has 1 aromatic carbocycles. The van der Waals surface area contributed by atoms with Gasteiger partial charge in [-0.25, -0.2) is 13.6 Å². The Morgan fingerprint density at radius 3 is 2.92 bits per heavy atom. The third kappa shape index (κ3) is 4.30. The van der Waals surface area contributed by atoms with E-state index in [2.05, 4.69) is 5.32 Å². The third-order valence-corrected chi connectivity index (χ3v) is 4.70. The minimum Gasteiger partial charge on any atom is -0.376 e. The maximum atomic E-state index is 13.8. The van der Waals surface area contributed by atoms with Gasteiger partial charge < -0.3 is 15.0 Å². The Kier molecular flexibility index (Phi) is 5.42. The van der Waals surface area contributed by atoms with E-state index in [-0.39, 0.29) is 11.8 Å². The van der Waals surface area contributed by atoms with Crippen LogP contribution in [0, 0.1) is 11.6 Å². The first-order chi connectivity index (χ1) is 11.6. The van der Waals surface area contributed by atoms with Crippen molar-refractivity contribution in [1.82, 2.24) is 4.90 Å². The molecule has 3 rings (SSSR count). The maximum Gasteiger partial charge on any atom is 0.322 e. The molecule has 2 amide bonds. The summed E-state index contributed by atoms with van der Waals surface area (Å²) < 4.78 is 32.3. The molecule has 0 saturated carbocycles. The standard InChI is InChI=1S/C17H18F2N2O2S/c18-12-5-6-16(15(19)9-12)20-17(22)21(10-13-3-1-7-23-13)11-14-4-2-8-24-14/h2,4-6,8-9,13H,1,3,7,10-11H2,(H,20,22)/t13-/m1/s1. The van der Waals surface area contributed by atoms with Gasteiger partial charge in [-0.2, -0.15) is 0 Å². The molecule has 1 aromatic heterocycles. The highest BCUT2D eigenvalue weighted by molar-refractivity contribution is 7.09. The van der Waals surface area contributed by atoms with E-state index in [0.717, 1.165) is 29.9 Å². The lowest BCUT2D eigenvalue weighted by atomic mass is 10.2. The SMILES string of the molecule is O=C(Nc1ccc(F)cc1F)N(Cc1cccs1)C[C@H]1CCCO1. The highest BCUT2D eigenvalue weighted by atomic mass is 32.1. The molecule has 1 aliphatic rings. The van der Waals surface area contributed by atoms with Gasteiger partial charge in [-0.3, -0.25) is 0 Å². The number of amides is 2. The van der Waals surface area contributed by atoms with Gasteiger partial charge in [-0.15, -0.1) is 11.3 Å². The monoisotopic (exact) mass is 352 g/mol. The molecule has 2 heterocycles. The molecule has 0 aliphatic carbocycles. The van der Waals surface area contributed by atoms with E-state index in [1.54, 1.807) is 16.2 Å². The molecule has 1 atom stereocenters. The van der Waals surface area contributed by atoms with Crippen molar-refractivity contribution in [2.45, 2.75) is 25.5 Å². The zero-order valence-corrected chi connectivity index (χ0v) is 13.8. The number of rotatable bonds is 5. The largest absolute Gasteiger partial charge is 0.376 e. The Hall–Kier alpha value is -1.99. The number of carbonyl (C=O) groups excluding carboxylic acids is 1. The molecule has 24 heavy (non-hydrogen) atoms. The van der Waals surface area contributed by atoms with Gasteiger partial charge in [-0.05, 0) is 36.4 Å². The van der Waals surface area contributed by atoms with E-state index in [4.69, 9.17) is 4.74 Å². The number of urea groups is 1. The topological polar surface area (TPSA) is 41.6 Å². The second-order valence-electron chi connectivity index (χ2n) is 5.65. The summed E-state index contributed by atoms with van der Waals surface area (Å²) in [5.74, 6) is -1.48. The summed E-state index contributed by atoms with van der Waals surface area (Å²) in [6.45, 7) is 1.56. The van der Waals surface area contributed by atoms with Crippen LogP contribution in [0.15, 0.2) is 35.7 Å². The summed E-state index contributed by atoms with van der Waals surface area (Å²) in [5, 5.41) is 4.46. The van der Waals surface area contributed by atoms with Crippen molar-refractivity contribution < 1.29 is 18.3 Å². The number of nitrogens with one attached hydrogen (secondary N) is 1. The molecule has 1 saturated heterocycles. The fourth-order valence-electron chi connectivity index (χ4n) is 2.63. The lowest BCUT2D eigenvalue weighted by Crippen LogP contribution is -2.39. The summed E-state index contributed by atoms with van der Waals surface area (Å²) in [7, 11) is 0. The number of hydrogen-bond donors (Lipinski definition) is 1. The van der Waals surface area contributed by atoms with Gasteiger partial charge >= 0.3 is 6.03 Å². The first kappa shape index (κ1) is 16.9. The van der Waals surface area contributed by atoms with E-state index in [1.165, 1.54) is 6.07 Å². The van der Waals surface area contributed by atoms with E-state index in [0.29, 0.717) is 19.7 Å². The number of thiophene rings is 1. The number of nitrogens with zero attached hydrogens (tertiary/aromatic N) is 1. The molecule has 1 N–H and O–H groups in total. The Balaban J connectivity index is 1.71. The maximum absolute atomic E-state index is 13.8. The average Bonchev–Trinajstić information content (AvgIpc) is 3.23. The van der Waals surface area contributed by atoms with Gasteiger partial charge in [0.15, 0.2) is 0 Å². The molecular weight excluding hydrogens is 334 g/mol. The van der Waals surface area contributed by atoms with Crippen LogP contribution < -0.4 is 5.32 Å². The summed E-state index contributed by atoms with van der Waals surface area (Å²) in [5.41, 5.74) is -0.0371. The molecule has 4 nitrogen and oxygen atoms in total. The van der Waals surface area contributed by atoms with Crippen LogP contribution in [0.25, 0.3) is 0 Å². The molecular formula is C17H18F2N2O2S. The quantitative estimate of drug-likeness (QED) is 0.874. The first-order valence-electron chi connectivity index (χ1n) is 7.77. The number of anilines is 1. The van der Waals surface area contributed by atoms with Crippen molar-refractivity contribution in [3.8, 4) is 0 Å². The molecule has 1 aliphatic heterocycles. The molecule has 128 valence electrons. The molecule has 0 radical (unpaired) electrons. The Labute approximate surface area is 143 Å². The average molecular weight is 352 g/mol. The van der Waals surface area contributed by atoms with E-state index >= 15 is 0 Å². The molecule has 2 aromatic rings. The van der Waals surface area contributed by atoms with Crippen LogP contribution >= 0.6 is 11.3 Å². The van der Waals surface area contributed by atoms with Crippen LogP contribution in [0.2, 0.25) is 0 Å². The van der Waals surface area contributed by atoms with Gasteiger partial charge in [0, 0.05) is 24.1 Å². The van der Waals surface area contributed by atoms with E-state index in [9.17, 15) is 13.6 Å². The summed E-state index contributed by atoms with van der Waals surface area (Å²) in [6, 6.07) is 6.52. The highest BCUT2D eigenvalue weighted by Gasteiger charge is 2.23. The van der Waals surface area contributed by atoms with Crippen molar-refractivity contribution in [3.05, 3.63) is 52.2 Å². The zero-order valence-electron chi connectivity index (χ0n) is 13.0. The fourth-order valence-corrected chi connectivity index (χ4v) is 3.35. The second kappa shape index (κ2) is 7.72. The van der Waals surface area contributed by atoms with Gasteiger partial charge in [0.2, 0.25) is 0 Å². The Morgan fingerprint density at radius 1 is 1.38 bits per heavy atom. The van der Waals surface area contributed by atoms with E-state index < -0.39 is 17.7 Å². The Bertz CT molecular complexity index is 688. The number of hydrogen-bond acceptors (Lipinski definition) is 3. The minimum atomic E-state index is -0.795. The van der Waals surface area contributed by atoms with Crippen LogP contribution in [0.4, 0.5) is 19.3 Å². The molecule has 1 fully saturated rings. The van der Waals surface area contributed by atoms with E-state index in [1.807, 2.05) is 17.5 Å². The predicted molar refractivity (Wildman–Crippen MR) is 89.1 cm³/mol. The molecule has 7 heteroatoms. The van der Waals surface area contributed by atoms with Crippen LogP contribution in [0.5, 0.6) is 0 Å². The second-order valence-corrected chi connectivity index (χ2v) is 6.68. The molecule has 0 bridgehead atoms. The van der Waals surface area contributed by atoms with Gasteiger partial charge in [-0.1, -0.05) is 6.07 Å². The van der Waals surface area contributed by atoms with Gasteiger partial charge in [0.1, 0.15) is 11.6 Å². The van der Waals surface area contributed by atoms with Crippen molar-refractivity contribution in [1.29, 1.82) is 0 Å². The predicted octanol–water partition coefficient (Wildman–Crippen LogP) is 4.24. The lowest BCUT2D eigenvalue weighted by molar-refractivity contribution is 0.0821. The van der Waals surface area contributed by atoms with Crippen molar-refractivity contribution in [2.24, 2.45) is 0 Å². The van der Waals surface area contributed by atoms with Crippen LogP contribution in [0.1, 0.15) is 17.7 Å². The minimum absolute atomic E-state index is 0.00576. The summed E-state index contributed by atoms with van der Waals surface area (Å²) in [6.07, 6.45) is 1.87. The number of halogens is 2. The van der Waals surface area contributed by atoms with Crippen LogP contribution in [-0.2, 0) is 11.3 Å². The number of ether oxygens (including phenoxy) is 1. The summed E-state index contributed by atoms with van der Waals surface area (Å²) in [4.78, 5) is 15.2. The van der Waals surface area contributed by atoms with Crippen molar-refractivity contribution >= 4 is 23.1 Å². The summed E-state index contributed by atoms with van der Waals surface area (Å²) >= 11 is 1.55. The van der Waals surface area contributed by atoms with Crippen LogP contribution in [-0.4, -0.2) is 30.2 Å². The fraction of sp³-hybridized carbons (Fsp3) is 0.353. The number of benzene rings is 1. The number of carbonyl (C=O) groups is 1. The first-order valence-corrected chi connectivity index (χ1v) is 8.65. The molecule has 0 spiro atoms. The lowest BCUT2D eigenvalue weighted by Gasteiger charge is -2.25. The Morgan fingerprint density at radius 2 is 2.25 bits per heavy atom. The third-order valence-electron chi connectivity index (χ3n) is 3.83. The van der Waals surface area contributed by atoms with Gasteiger partial charge in [0.25, 0.3) is 0 Å². The van der Waals surface area contributed by atoms with Crippen molar-refractivity contribution in [2.75, 3.05) is 18.5 Å². The van der Waals surface area contributed by atoms with Gasteiger partial charge in [0.05, 0.1) is 18.3 Å². The van der Waals surface area contributed by atoms with Crippen molar-refractivity contribution in [3.63, 3.8) is 0 Å². The zero-order chi connectivity index (χ0) is 16.9. The smallest absolute Gasteiger partial charge is 0.322 e. The normalized spacial score (nSPS) is 17.0. The highest BCUT2D eigenvalue weighted by Crippen LogP contribution is 2.20. The molecule has 0 unspecified atom stereocenters.